The van der Waals surface area contributed by atoms with Gasteiger partial charge in [-0.2, -0.15) is 0 Å². The summed E-state index contributed by atoms with van der Waals surface area (Å²) in [6.45, 7) is 0. The van der Waals surface area contributed by atoms with Crippen LogP contribution >= 0.6 is 0 Å². The molecule has 0 saturated heterocycles. The van der Waals surface area contributed by atoms with Gasteiger partial charge in [-0.05, 0) is 24.3 Å². The third kappa shape index (κ3) is 2.67. The summed E-state index contributed by atoms with van der Waals surface area (Å²) in [6, 6.07) is 6.42. The van der Waals surface area contributed by atoms with E-state index in [1.165, 1.54) is 25.5 Å². The number of aromatic nitrogens is 1. The molecule has 0 amide bonds. The maximum Gasteiger partial charge on any atom is 0.310 e. The second-order valence-electron chi connectivity index (χ2n) is 4.72. The van der Waals surface area contributed by atoms with Crippen LogP contribution in [0.2, 0.25) is 0 Å². The number of fused-ring (bicyclic) bond motifs is 1. The van der Waals surface area contributed by atoms with Crippen LogP contribution in [0.3, 0.4) is 0 Å². The van der Waals surface area contributed by atoms with Crippen LogP contribution in [0.5, 0.6) is 0 Å². The molecular formula is C16H11F2NO3. The fraction of sp³-hybridized carbons (Fsp3) is 0.125. The van der Waals surface area contributed by atoms with Gasteiger partial charge in [-0.15, -0.1) is 0 Å². The standard InChI is InChI=1S/C16H11F2NO3/c1-21-15(20)6-10-8-22-14-3-2-13(19-16(10)14)9-4-11(17)7-12(18)5-9/h2-5,7-8H,6H2,1H3. The zero-order valence-electron chi connectivity index (χ0n) is 11.6. The second-order valence-corrected chi connectivity index (χ2v) is 4.72. The quantitative estimate of drug-likeness (QED) is 0.695. The molecule has 2 heterocycles. The Labute approximate surface area is 124 Å². The largest absolute Gasteiger partial charge is 0.469 e. The lowest BCUT2D eigenvalue weighted by Gasteiger charge is -2.03. The maximum atomic E-state index is 13.3. The van der Waals surface area contributed by atoms with Crippen LogP contribution in [0.25, 0.3) is 22.4 Å². The summed E-state index contributed by atoms with van der Waals surface area (Å²) in [5.41, 5.74) is 2.20. The Morgan fingerprint density at radius 2 is 1.95 bits per heavy atom. The van der Waals surface area contributed by atoms with Gasteiger partial charge >= 0.3 is 5.97 Å². The Balaban J connectivity index is 2.08. The number of methoxy groups -OCH3 is 1. The predicted molar refractivity (Wildman–Crippen MR) is 75.1 cm³/mol. The number of ether oxygens (including phenoxy) is 1. The van der Waals surface area contributed by atoms with Crippen LogP contribution in [0.4, 0.5) is 8.78 Å². The van der Waals surface area contributed by atoms with Crippen molar-refractivity contribution in [3.05, 3.63) is 53.8 Å². The molecule has 0 spiro atoms. The Kier molecular flexibility index (Phi) is 3.58. The van der Waals surface area contributed by atoms with Gasteiger partial charge in [-0.3, -0.25) is 4.79 Å². The number of rotatable bonds is 3. The van der Waals surface area contributed by atoms with E-state index >= 15 is 0 Å². The van der Waals surface area contributed by atoms with Crippen molar-refractivity contribution in [2.45, 2.75) is 6.42 Å². The van der Waals surface area contributed by atoms with E-state index in [1.807, 2.05) is 0 Å². The molecule has 3 aromatic rings. The minimum Gasteiger partial charge on any atom is -0.469 e. The van der Waals surface area contributed by atoms with Crippen LogP contribution in [0.1, 0.15) is 5.56 Å². The first-order valence-electron chi connectivity index (χ1n) is 6.47. The van der Waals surface area contributed by atoms with Crippen molar-refractivity contribution < 1.29 is 22.7 Å². The zero-order valence-corrected chi connectivity index (χ0v) is 11.6. The molecule has 4 nitrogen and oxygen atoms in total. The smallest absolute Gasteiger partial charge is 0.310 e. The van der Waals surface area contributed by atoms with Gasteiger partial charge in [-0.1, -0.05) is 0 Å². The predicted octanol–water partition coefficient (Wildman–Crippen LogP) is 3.49. The Bertz CT molecular complexity index is 837. The van der Waals surface area contributed by atoms with Crippen LogP contribution < -0.4 is 0 Å². The molecule has 0 fully saturated rings. The Hall–Kier alpha value is -2.76. The zero-order chi connectivity index (χ0) is 15.7. The molecule has 0 aliphatic carbocycles. The van der Waals surface area contributed by atoms with Gasteiger partial charge in [0.25, 0.3) is 0 Å². The van der Waals surface area contributed by atoms with E-state index < -0.39 is 17.6 Å². The minimum atomic E-state index is -0.682. The number of pyridine rings is 1. The first-order chi connectivity index (χ1) is 10.6. The molecule has 0 atom stereocenters. The Morgan fingerprint density at radius 1 is 1.23 bits per heavy atom. The van der Waals surface area contributed by atoms with Crippen LogP contribution in [-0.2, 0) is 16.0 Å². The maximum absolute atomic E-state index is 13.3. The van der Waals surface area contributed by atoms with Gasteiger partial charge in [0, 0.05) is 17.2 Å². The number of benzene rings is 1. The number of esters is 1. The number of carbonyl (C=O) groups is 1. The highest BCUT2D eigenvalue weighted by atomic mass is 19.1. The van der Waals surface area contributed by atoms with E-state index in [1.54, 1.807) is 12.1 Å². The lowest BCUT2D eigenvalue weighted by atomic mass is 10.1. The van der Waals surface area contributed by atoms with E-state index in [4.69, 9.17) is 4.42 Å². The monoisotopic (exact) mass is 303 g/mol. The first kappa shape index (κ1) is 14.2. The highest BCUT2D eigenvalue weighted by Gasteiger charge is 2.13. The summed E-state index contributed by atoms with van der Waals surface area (Å²) in [5.74, 6) is -1.79. The summed E-state index contributed by atoms with van der Waals surface area (Å²) >= 11 is 0. The summed E-state index contributed by atoms with van der Waals surface area (Å²) in [6.07, 6.45) is 1.43. The summed E-state index contributed by atoms with van der Waals surface area (Å²) in [5, 5.41) is 0. The van der Waals surface area contributed by atoms with Crippen molar-refractivity contribution in [3.63, 3.8) is 0 Å². The third-order valence-electron chi connectivity index (χ3n) is 3.21. The summed E-state index contributed by atoms with van der Waals surface area (Å²) in [4.78, 5) is 15.7. The molecule has 6 heteroatoms. The molecule has 0 bridgehead atoms. The molecule has 0 saturated carbocycles. The van der Waals surface area contributed by atoms with E-state index in [0.717, 1.165) is 6.07 Å². The summed E-state index contributed by atoms with van der Waals surface area (Å²) < 4.78 is 36.6. The summed E-state index contributed by atoms with van der Waals surface area (Å²) in [7, 11) is 1.29. The van der Waals surface area contributed by atoms with Crippen molar-refractivity contribution in [1.82, 2.24) is 4.98 Å². The molecule has 0 radical (unpaired) electrons. The molecule has 22 heavy (non-hydrogen) atoms. The average Bonchev–Trinajstić information content (AvgIpc) is 2.88. The lowest BCUT2D eigenvalue weighted by Crippen LogP contribution is -2.04. The number of hydrogen-bond acceptors (Lipinski definition) is 4. The highest BCUT2D eigenvalue weighted by molar-refractivity contribution is 5.84. The topological polar surface area (TPSA) is 52.3 Å². The van der Waals surface area contributed by atoms with Crippen molar-refractivity contribution in [2.24, 2.45) is 0 Å². The fourth-order valence-corrected chi connectivity index (χ4v) is 2.18. The fourth-order valence-electron chi connectivity index (χ4n) is 2.18. The van der Waals surface area contributed by atoms with E-state index in [2.05, 4.69) is 9.72 Å². The van der Waals surface area contributed by atoms with E-state index in [0.29, 0.717) is 27.9 Å². The SMILES string of the molecule is COC(=O)Cc1coc2ccc(-c3cc(F)cc(F)c3)nc12. The van der Waals surface area contributed by atoms with Gasteiger partial charge in [0.15, 0.2) is 5.58 Å². The normalized spacial score (nSPS) is 10.9. The second kappa shape index (κ2) is 5.55. The average molecular weight is 303 g/mol. The minimum absolute atomic E-state index is 0.0114. The van der Waals surface area contributed by atoms with Gasteiger partial charge in [0.05, 0.1) is 25.5 Å². The van der Waals surface area contributed by atoms with Crippen molar-refractivity contribution in [1.29, 1.82) is 0 Å². The van der Waals surface area contributed by atoms with Crippen molar-refractivity contribution in [2.75, 3.05) is 7.11 Å². The van der Waals surface area contributed by atoms with E-state index in [9.17, 15) is 13.6 Å². The number of hydrogen-bond donors (Lipinski definition) is 0. The van der Waals surface area contributed by atoms with Crippen molar-refractivity contribution in [3.8, 4) is 11.3 Å². The number of nitrogens with zero attached hydrogens (tertiary/aromatic N) is 1. The number of furan rings is 1. The van der Waals surface area contributed by atoms with Gasteiger partial charge in [0.2, 0.25) is 0 Å². The molecule has 0 unspecified atom stereocenters. The number of halogens is 2. The van der Waals surface area contributed by atoms with Gasteiger partial charge in [0.1, 0.15) is 17.2 Å². The third-order valence-corrected chi connectivity index (χ3v) is 3.21. The molecular weight excluding hydrogens is 292 g/mol. The molecule has 0 N–H and O–H groups in total. The Morgan fingerprint density at radius 3 is 2.64 bits per heavy atom. The molecule has 3 rings (SSSR count). The van der Waals surface area contributed by atoms with Crippen LogP contribution in [0.15, 0.2) is 41.0 Å². The van der Waals surface area contributed by atoms with Crippen LogP contribution in [0, 0.1) is 11.6 Å². The van der Waals surface area contributed by atoms with E-state index in [-0.39, 0.29) is 6.42 Å². The molecule has 1 aromatic carbocycles. The number of carbonyl (C=O) groups excluding carboxylic acids is 1. The molecule has 112 valence electrons. The molecule has 0 aliphatic rings. The molecule has 2 aromatic heterocycles. The lowest BCUT2D eigenvalue weighted by molar-refractivity contribution is -0.139. The first-order valence-corrected chi connectivity index (χ1v) is 6.47. The van der Waals surface area contributed by atoms with Gasteiger partial charge in [-0.25, -0.2) is 13.8 Å². The highest BCUT2D eigenvalue weighted by Crippen LogP contribution is 2.26. The van der Waals surface area contributed by atoms with Gasteiger partial charge < -0.3 is 9.15 Å². The van der Waals surface area contributed by atoms with Crippen LogP contribution in [-0.4, -0.2) is 18.1 Å². The molecule has 0 aliphatic heterocycles. The van der Waals surface area contributed by atoms with Crippen molar-refractivity contribution >= 4 is 17.1 Å².